The van der Waals surface area contributed by atoms with E-state index < -0.39 is 0 Å². The van der Waals surface area contributed by atoms with E-state index in [0.29, 0.717) is 12.1 Å². The molecule has 0 amide bonds. The molecule has 0 saturated carbocycles. The summed E-state index contributed by atoms with van der Waals surface area (Å²) in [6.45, 7) is 0. The van der Waals surface area contributed by atoms with E-state index in [1.807, 2.05) is 12.1 Å². The molecule has 3 heteroatoms. The lowest BCUT2D eigenvalue weighted by atomic mass is 9.94. The Morgan fingerprint density at radius 1 is 1.10 bits per heavy atom. The number of ketones is 1. The molecule has 1 N–H and O–H groups in total. The van der Waals surface area contributed by atoms with Crippen molar-refractivity contribution in [1.29, 1.82) is 0 Å². The molecule has 0 saturated heterocycles. The number of pyridine rings is 1. The third-order valence-corrected chi connectivity index (χ3v) is 3.27. The Hall–Kier alpha value is -2.60. The quantitative estimate of drug-likeness (QED) is 0.743. The maximum atomic E-state index is 11.7. The van der Waals surface area contributed by atoms with Gasteiger partial charge in [-0.15, -0.1) is 0 Å². The number of aromatic hydroxyl groups is 1. The first kappa shape index (κ1) is 12.4. The molecule has 0 spiro atoms. The molecule has 20 heavy (non-hydrogen) atoms. The molecule has 1 aliphatic carbocycles. The Morgan fingerprint density at radius 3 is 2.85 bits per heavy atom. The number of benzene rings is 1. The van der Waals surface area contributed by atoms with Crippen LogP contribution < -0.4 is 0 Å². The molecular formula is C17H13NO2. The van der Waals surface area contributed by atoms with Gasteiger partial charge >= 0.3 is 0 Å². The zero-order chi connectivity index (χ0) is 13.9. The Morgan fingerprint density at radius 2 is 2.00 bits per heavy atom. The first-order chi connectivity index (χ1) is 9.72. The Bertz CT molecular complexity index is 738. The number of carbonyl (C=O) groups excluding carboxylic acids is 1. The van der Waals surface area contributed by atoms with E-state index in [1.54, 1.807) is 24.3 Å². The maximum absolute atomic E-state index is 11.7. The molecule has 1 aromatic heterocycles. The standard InChI is InChI=1S/C17H13NO2/c19-14-4-1-3-12(11-14)7-8-13-9-10-15-16(18-13)5-2-6-17(15)20/h1,3-4,9-11,19H,2,5-6H2. The lowest BCUT2D eigenvalue weighted by molar-refractivity contribution is 0.0971. The summed E-state index contributed by atoms with van der Waals surface area (Å²) >= 11 is 0. The number of Topliss-reactive ketones (excluding diaryl/α,β-unsaturated/α-hetero) is 1. The summed E-state index contributed by atoms with van der Waals surface area (Å²) < 4.78 is 0. The van der Waals surface area contributed by atoms with Crippen LogP contribution in [0.2, 0.25) is 0 Å². The summed E-state index contributed by atoms with van der Waals surface area (Å²) in [4.78, 5) is 16.2. The first-order valence-electron chi connectivity index (χ1n) is 6.56. The van der Waals surface area contributed by atoms with Gasteiger partial charge in [0.1, 0.15) is 11.4 Å². The normalized spacial score (nSPS) is 13.3. The lowest BCUT2D eigenvalue weighted by Gasteiger charge is -2.12. The average molecular weight is 263 g/mol. The molecule has 3 rings (SSSR count). The van der Waals surface area contributed by atoms with Gasteiger partial charge in [-0.2, -0.15) is 0 Å². The van der Waals surface area contributed by atoms with E-state index in [0.717, 1.165) is 29.7 Å². The summed E-state index contributed by atoms with van der Waals surface area (Å²) in [5.74, 6) is 6.30. The van der Waals surface area contributed by atoms with Gasteiger partial charge in [0.25, 0.3) is 0 Å². The van der Waals surface area contributed by atoms with E-state index >= 15 is 0 Å². The van der Waals surface area contributed by atoms with E-state index in [2.05, 4.69) is 16.8 Å². The first-order valence-corrected chi connectivity index (χ1v) is 6.56. The lowest BCUT2D eigenvalue weighted by Crippen LogP contribution is -2.12. The summed E-state index contributed by atoms with van der Waals surface area (Å²) in [6, 6.07) is 10.4. The van der Waals surface area contributed by atoms with Crippen molar-refractivity contribution in [3.8, 4) is 17.6 Å². The SMILES string of the molecule is O=C1CCCc2nc(C#Cc3cccc(O)c3)ccc21. The van der Waals surface area contributed by atoms with Gasteiger partial charge in [0.2, 0.25) is 0 Å². The molecule has 0 aliphatic heterocycles. The molecule has 0 fully saturated rings. The zero-order valence-electron chi connectivity index (χ0n) is 10.9. The number of aryl methyl sites for hydroxylation is 1. The number of rotatable bonds is 0. The van der Waals surface area contributed by atoms with Gasteiger partial charge in [-0.1, -0.05) is 12.0 Å². The van der Waals surface area contributed by atoms with Gasteiger partial charge in [0, 0.05) is 17.5 Å². The van der Waals surface area contributed by atoms with Gasteiger partial charge in [0.05, 0.1) is 5.69 Å². The van der Waals surface area contributed by atoms with Crippen LogP contribution in [0.1, 0.15) is 40.2 Å². The summed E-state index contributed by atoms with van der Waals surface area (Å²) in [5, 5.41) is 9.38. The van der Waals surface area contributed by atoms with Crippen LogP contribution in [-0.2, 0) is 6.42 Å². The van der Waals surface area contributed by atoms with Crippen molar-refractivity contribution >= 4 is 5.78 Å². The molecule has 1 aromatic carbocycles. The van der Waals surface area contributed by atoms with E-state index in [1.165, 1.54) is 0 Å². The number of hydrogen-bond donors (Lipinski definition) is 1. The fraction of sp³-hybridized carbons (Fsp3) is 0.176. The average Bonchev–Trinajstić information content (AvgIpc) is 2.45. The maximum Gasteiger partial charge on any atom is 0.164 e. The van der Waals surface area contributed by atoms with E-state index in [9.17, 15) is 9.90 Å². The molecule has 2 aromatic rings. The Labute approximate surface area is 117 Å². The topological polar surface area (TPSA) is 50.2 Å². The predicted molar refractivity (Wildman–Crippen MR) is 75.6 cm³/mol. The highest BCUT2D eigenvalue weighted by atomic mass is 16.3. The van der Waals surface area contributed by atoms with E-state index in [-0.39, 0.29) is 11.5 Å². The van der Waals surface area contributed by atoms with Crippen LogP contribution in [0.15, 0.2) is 36.4 Å². The second-order valence-electron chi connectivity index (χ2n) is 4.77. The fourth-order valence-corrected chi connectivity index (χ4v) is 2.29. The highest BCUT2D eigenvalue weighted by Crippen LogP contribution is 2.19. The second kappa shape index (κ2) is 5.18. The van der Waals surface area contributed by atoms with Crippen molar-refractivity contribution in [3.63, 3.8) is 0 Å². The number of carbonyl (C=O) groups is 1. The largest absolute Gasteiger partial charge is 0.508 e. The van der Waals surface area contributed by atoms with Gasteiger partial charge in [-0.3, -0.25) is 4.79 Å². The van der Waals surface area contributed by atoms with Crippen molar-refractivity contribution in [3.05, 3.63) is 58.9 Å². The molecule has 0 atom stereocenters. The second-order valence-corrected chi connectivity index (χ2v) is 4.77. The summed E-state index contributed by atoms with van der Waals surface area (Å²) in [6.07, 6.45) is 2.31. The Kier molecular flexibility index (Phi) is 3.22. The minimum atomic E-state index is 0.172. The number of fused-ring (bicyclic) bond motifs is 1. The fourth-order valence-electron chi connectivity index (χ4n) is 2.29. The molecule has 98 valence electrons. The van der Waals surface area contributed by atoms with Crippen molar-refractivity contribution < 1.29 is 9.90 Å². The van der Waals surface area contributed by atoms with Crippen LogP contribution in [0.25, 0.3) is 0 Å². The van der Waals surface area contributed by atoms with Crippen LogP contribution >= 0.6 is 0 Å². The van der Waals surface area contributed by atoms with Crippen molar-refractivity contribution in [2.45, 2.75) is 19.3 Å². The molecule has 0 bridgehead atoms. The monoisotopic (exact) mass is 263 g/mol. The smallest absolute Gasteiger partial charge is 0.164 e. The minimum absolute atomic E-state index is 0.172. The van der Waals surface area contributed by atoms with Crippen LogP contribution in [0.5, 0.6) is 5.75 Å². The zero-order valence-corrected chi connectivity index (χ0v) is 10.9. The summed E-state index contributed by atoms with van der Waals surface area (Å²) in [7, 11) is 0. The molecule has 0 unspecified atom stereocenters. The third kappa shape index (κ3) is 2.55. The van der Waals surface area contributed by atoms with Crippen LogP contribution in [-0.4, -0.2) is 15.9 Å². The minimum Gasteiger partial charge on any atom is -0.508 e. The number of phenolic OH excluding ortho intramolecular Hbond substituents is 1. The van der Waals surface area contributed by atoms with Crippen molar-refractivity contribution in [2.24, 2.45) is 0 Å². The molecule has 1 heterocycles. The summed E-state index contributed by atoms with van der Waals surface area (Å²) in [5.41, 5.74) is 2.98. The van der Waals surface area contributed by atoms with Crippen LogP contribution in [0.4, 0.5) is 0 Å². The highest BCUT2D eigenvalue weighted by Gasteiger charge is 2.17. The van der Waals surface area contributed by atoms with Crippen LogP contribution in [0, 0.1) is 11.8 Å². The molecular weight excluding hydrogens is 250 g/mol. The number of nitrogens with zero attached hydrogens (tertiary/aromatic N) is 1. The van der Waals surface area contributed by atoms with E-state index in [4.69, 9.17) is 0 Å². The van der Waals surface area contributed by atoms with Gasteiger partial charge in [-0.25, -0.2) is 4.98 Å². The van der Waals surface area contributed by atoms with Crippen molar-refractivity contribution in [1.82, 2.24) is 4.98 Å². The molecule has 1 aliphatic rings. The molecule has 3 nitrogen and oxygen atoms in total. The van der Waals surface area contributed by atoms with Gasteiger partial charge in [0.15, 0.2) is 5.78 Å². The number of phenols is 1. The van der Waals surface area contributed by atoms with Gasteiger partial charge < -0.3 is 5.11 Å². The number of aromatic nitrogens is 1. The molecule has 0 radical (unpaired) electrons. The van der Waals surface area contributed by atoms with Crippen LogP contribution in [0.3, 0.4) is 0 Å². The Balaban J connectivity index is 1.91. The highest BCUT2D eigenvalue weighted by molar-refractivity contribution is 5.98. The number of hydrogen-bond acceptors (Lipinski definition) is 3. The van der Waals surface area contributed by atoms with Gasteiger partial charge in [-0.05, 0) is 49.1 Å². The van der Waals surface area contributed by atoms with Crippen molar-refractivity contribution in [2.75, 3.05) is 0 Å². The predicted octanol–water partition coefficient (Wildman–Crippen LogP) is 2.71. The third-order valence-electron chi connectivity index (χ3n) is 3.27.